The molecule has 0 aromatic heterocycles. The molecule has 75 heavy (non-hydrogen) atoms. The van der Waals surface area contributed by atoms with Gasteiger partial charge in [-0.05, 0) is 123 Å². The molecule has 0 fully saturated rings. The summed E-state index contributed by atoms with van der Waals surface area (Å²) in [4.78, 5) is 4.43. The molecule has 0 atom stereocenters. The molecule has 11 aromatic rings. The van der Waals surface area contributed by atoms with Gasteiger partial charge in [0.1, 0.15) is 18.1 Å². The van der Waals surface area contributed by atoms with Gasteiger partial charge in [0.2, 0.25) is 0 Å². The SMILES string of the molecule is Oc1cccc(N(c2ccc(-c3ccccc3)cc2)c2ccc(-c3ccccc3)cc2)c1.[CH3-].[CH3-].[Pd].[Pd].c1ccc(COc2cccc(N(c3ccc(-c4ccccc4)cc3)c3ccc(-c4ccccc4)cc3)c2)cc1. The van der Waals surface area contributed by atoms with Crippen LogP contribution in [0.15, 0.2) is 297 Å². The molecule has 4 nitrogen and oxygen atoms in total. The second-order valence-corrected chi connectivity index (χ2v) is 17.1. The van der Waals surface area contributed by atoms with Crippen LogP contribution in [0.1, 0.15) is 5.56 Å². The Bertz CT molecular complexity index is 3220. The molecule has 0 saturated heterocycles. The fraction of sp³-hybridized carbons (Fsp3) is 0.0145. The minimum absolute atomic E-state index is 0. The summed E-state index contributed by atoms with van der Waals surface area (Å²) in [6.45, 7) is 0.530. The zero-order valence-electron chi connectivity index (χ0n) is 41.9. The van der Waals surface area contributed by atoms with Crippen molar-refractivity contribution in [1.29, 1.82) is 0 Å². The molecule has 11 rings (SSSR count). The summed E-state index contributed by atoms with van der Waals surface area (Å²) in [5.74, 6) is 1.08. The van der Waals surface area contributed by atoms with Crippen molar-refractivity contribution in [2.45, 2.75) is 6.61 Å². The summed E-state index contributed by atoms with van der Waals surface area (Å²) in [6.07, 6.45) is 0. The third-order valence-corrected chi connectivity index (χ3v) is 12.3. The van der Waals surface area contributed by atoms with E-state index in [1.807, 2.05) is 60.7 Å². The van der Waals surface area contributed by atoms with E-state index in [1.165, 1.54) is 44.5 Å². The van der Waals surface area contributed by atoms with Gasteiger partial charge in [0, 0.05) is 87.1 Å². The maximum absolute atomic E-state index is 10.1. The monoisotopic (exact) mass is 1160 g/mol. The van der Waals surface area contributed by atoms with Crippen molar-refractivity contribution >= 4 is 34.1 Å². The number of benzene rings is 11. The van der Waals surface area contributed by atoms with Crippen molar-refractivity contribution in [2.75, 3.05) is 9.80 Å². The van der Waals surface area contributed by atoms with E-state index in [9.17, 15) is 5.11 Å². The summed E-state index contributed by atoms with van der Waals surface area (Å²) >= 11 is 0. The molecule has 378 valence electrons. The third kappa shape index (κ3) is 14.4. The predicted octanol–water partition coefficient (Wildman–Crippen LogP) is 19.2. The molecule has 0 aliphatic carbocycles. The van der Waals surface area contributed by atoms with E-state index in [1.54, 1.807) is 12.1 Å². The Morgan fingerprint density at radius 2 is 0.547 bits per heavy atom. The summed E-state index contributed by atoms with van der Waals surface area (Å²) in [6, 6.07) is 102. The zero-order valence-corrected chi connectivity index (χ0v) is 45.0. The standard InChI is InChI=1S/C37H29NO.C30H23NO.2CH3.2Pd/c1-4-11-29(12-5-1)28-39-37-18-10-17-36(27-37)38(34-23-19-32(20-24-34)30-13-6-2-7-14-30)35-25-21-33(22-26-35)31-15-8-3-9-16-31;32-30-13-7-12-29(22-30)31(27-18-14-25(15-19-27)23-8-3-1-4-9-23)28-20-16-26(17-21-28)24-10-5-2-6-11-24;;;;/h1-27H,28H2;1-22,32H;2*1H3;;/q;;2*-1;;. The summed E-state index contributed by atoms with van der Waals surface area (Å²) in [5.41, 5.74) is 16.9. The Balaban J connectivity index is 0.000000235. The molecule has 0 unspecified atom stereocenters. The van der Waals surface area contributed by atoms with E-state index in [2.05, 4.69) is 234 Å². The van der Waals surface area contributed by atoms with E-state index in [0.29, 0.717) is 6.61 Å². The fourth-order valence-corrected chi connectivity index (χ4v) is 8.71. The summed E-state index contributed by atoms with van der Waals surface area (Å²) in [5, 5.41) is 10.1. The van der Waals surface area contributed by atoms with Crippen LogP contribution >= 0.6 is 0 Å². The molecular weight excluding hydrogens is 1100 g/mol. The van der Waals surface area contributed by atoms with Gasteiger partial charge in [0.15, 0.2) is 0 Å². The number of hydrogen-bond acceptors (Lipinski definition) is 4. The molecule has 0 radical (unpaired) electrons. The van der Waals surface area contributed by atoms with Gasteiger partial charge < -0.3 is 34.5 Å². The van der Waals surface area contributed by atoms with Crippen molar-refractivity contribution < 1.29 is 50.7 Å². The second-order valence-electron chi connectivity index (χ2n) is 17.1. The number of hydrogen-bond donors (Lipinski definition) is 1. The quantitative estimate of drug-likeness (QED) is 0.0922. The molecule has 1 N–H and O–H groups in total. The molecule has 0 aliphatic heterocycles. The van der Waals surface area contributed by atoms with Crippen LogP contribution in [0.5, 0.6) is 11.5 Å². The first kappa shape index (κ1) is 56.2. The Hall–Kier alpha value is -8.06. The topological polar surface area (TPSA) is 35.9 Å². The Morgan fingerprint density at radius 1 is 0.267 bits per heavy atom. The first-order chi connectivity index (χ1) is 35.1. The van der Waals surface area contributed by atoms with E-state index in [4.69, 9.17) is 4.74 Å². The van der Waals surface area contributed by atoms with Crippen molar-refractivity contribution in [3.63, 3.8) is 0 Å². The van der Waals surface area contributed by atoms with Gasteiger partial charge >= 0.3 is 0 Å². The molecule has 0 aliphatic rings. The van der Waals surface area contributed by atoms with Crippen molar-refractivity contribution in [1.82, 2.24) is 0 Å². The van der Waals surface area contributed by atoms with Crippen LogP contribution in [0.4, 0.5) is 34.1 Å². The van der Waals surface area contributed by atoms with Crippen LogP contribution in [-0.2, 0) is 47.5 Å². The van der Waals surface area contributed by atoms with Crippen LogP contribution in [0.3, 0.4) is 0 Å². The number of rotatable bonds is 13. The average Bonchev–Trinajstić information content (AvgIpc) is 3.45. The van der Waals surface area contributed by atoms with E-state index >= 15 is 0 Å². The third-order valence-electron chi connectivity index (χ3n) is 12.3. The number of anilines is 6. The second kappa shape index (κ2) is 27.8. The molecule has 0 heterocycles. The number of aromatic hydroxyl groups is 1. The maximum Gasteiger partial charge on any atom is 0.121 e. The average molecular weight is 1160 g/mol. The maximum atomic E-state index is 10.1. The smallest absolute Gasteiger partial charge is 0.121 e. The number of ether oxygens (including phenoxy) is 1. The molecule has 11 aromatic carbocycles. The molecular formula is C69H58N2O2Pd2-2. The number of nitrogens with zero attached hydrogens (tertiary/aromatic N) is 2. The van der Waals surface area contributed by atoms with Crippen LogP contribution in [0.2, 0.25) is 0 Å². The minimum atomic E-state index is 0. The Kier molecular flexibility index (Phi) is 20.9. The molecule has 0 saturated carbocycles. The van der Waals surface area contributed by atoms with Crippen molar-refractivity contribution in [3.8, 4) is 56.0 Å². The summed E-state index contributed by atoms with van der Waals surface area (Å²) in [7, 11) is 0. The zero-order chi connectivity index (χ0) is 48.0. The van der Waals surface area contributed by atoms with Gasteiger partial charge in [-0.1, -0.05) is 212 Å². The van der Waals surface area contributed by atoms with Crippen molar-refractivity contribution in [2.24, 2.45) is 0 Å². The Labute approximate surface area is 471 Å². The van der Waals surface area contributed by atoms with Crippen LogP contribution in [0, 0.1) is 14.9 Å². The molecule has 0 spiro atoms. The molecule has 0 bridgehead atoms. The predicted molar refractivity (Wildman–Crippen MR) is 309 cm³/mol. The van der Waals surface area contributed by atoms with Gasteiger partial charge in [-0.25, -0.2) is 0 Å². The van der Waals surface area contributed by atoms with Gasteiger partial charge in [0.25, 0.3) is 0 Å². The van der Waals surface area contributed by atoms with E-state index in [0.717, 1.165) is 45.4 Å². The van der Waals surface area contributed by atoms with Gasteiger partial charge in [-0.2, -0.15) is 0 Å². The fourth-order valence-electron chi connectivity index (χ4n) is 8.71. The van der Waals surface area contributed by atoms with E-state index in [-0.39, 0.29) is 61.4 Å². The molecule has 6 heteroatoms. The van der Waals surface area contributed by atoms with Crippen LogP contribution in [-0.4, -0.2) is 5.11 Å². The van der Waals surface area contributed by atoms with E-state index < -0.39 is 0 Å². The van der Waals surface area contributed by atoms with Crippen molar-refractivity contribution in [3.05, 3.63) is 318 Å². The van der Waals surface area contributed by atoms with Crippen LogP contribution in [0.25, 0.3) is 44.5 Å². The van der Waals surface area contributed by atoms with Gasteiger partial charge in [-0.3, -0.25) is 0 Å². The summed E-state index contributed by atoms with van der Waals surface area (Å²) < 4.78 is 6.18. The van der Waals surface area contributed by atoms with Gasteiger partial charge in [-0.15, -0.1) is 0 Å². The first-order valence-electron chi connectivity index (χ1n) is 23.9. The van der Waals surface area contributed by atoms with Crippen LogP contribution < -0.4 is 14.5 Å². The normalized spacial score (nSPS) is 10.1. The van der Waals surface area contributed by atoms with Gasteiger partial charge in [0.05, 0.1) is 0 Å². The number of phenols is 1. The molecule has 0 amide bonds. The largest absolute Gasteiger partial charge is 0.508 e. The minimum Gasteiger partial charge on any atom is -0.508 e. The number of phenolic OH excluding ortho intramolecular Hbond substituents is 1. The Morgan fingerprint density at radius 3 is 0.867 bits per heavy atom. The first-order valence-corrected chi connectivity index (χ1v) is 23.9.